The van der Waals surface area contributed by atoms with Gasteiger partial charge in [0.15, 0.2) is 14.4 Å². The molecule has 3 atom stereocenters. The Bertz CT molecular complexity index is 1050. The summed E-state index contributed by atoms with van der Waals surface area (Å²) < 4.78 is 13.2. The maximum Gasteiger partial charge on any atom is 0.351 e. The van der Waals surface area contributed by atoms with Gasteiger partial charge in [-0.3, -0.25) is 9.36 Å². The van der Waals surface area contributed by atoms with Gasteiger partial charge in [-0.25, -0.2) is 9.59 Å². The van der Waals surface area contributed by atoms with E-state index in [4.69, 9.17) is 9.16 Å². The second-order valence-corrected chi connectivity index (χ2v) is 14.1. The average Bonchev–Trinajstić information content (AvgIpc) is 3.11. The van der Waals surface area contributed by atoms with Crippen molar-refractivity contribution in [3.05, 3.63) is 58.6 Å². The summed E-state index contributed by atoms with van der Waals surface area (Å²) >= 11 is 0. The van der Waals surface area contributed by atoms with Gasteiger partial charge < -0.3 is 19.6 Å². The lowest BCUT2D eigenvalue weighted by Gasteiger charge is -2.38. The molecule has 0 aliphatic carbocycles. The number of carbonyl (C=O) groups excluding carboxylic acids is 1. The van der Waals surface area contributed by atoms with E-state index < -0.39 is 38.4 Å². The Morgan fingerprint density at radius 3 is 2.44 bits per heavy atom. The summed E-state index contributed by atoms with van der Waals surface area (Å²) in [6, 6.07) is 10.0. The fourth-order valence-electron chi connectivity index (χ4n) is 3.18. The van der Waals surface area contributed by atoms with Gasteiger partial charge in [-0.2, -0.15) is 4.98 Å². The van der Waals surface area contributed by atoms with Crippen LogP contribution in [0.2, 0.25) is 18.1 Å². The number of anilines is 1. The topological polar surface area (TPSA) is 120 Å². The molecule has 0 spiro atoms. The van der Waals surface area contributed by atoms with Gasteiger partial charge in [0.2, 0.25) is 0 Å². The molecule has 2 aromatic rings. The first-order chi connectivity index (χ1) is 14.9. The molecule has 1 aromatic carbocycles. The number of hydrogen-bond donors (Lipinski definition) is 2. The molecule has 1 fully saturated rings. The van der Waals surface area contributed by atoms with Gasteiger partial charge in [-0.15, -0.1) is 0 Å². The summed E-state index contributed by atoms with van der Waals surface area (Å²) in [5.41, 5.74) is -0.217. The standard InChI is InChI=1S/C22H29N3O6Si/c1-22(2,3)32(4,5)31-15-13-17(30-18(15)20(27)28)25-12-11-16(24-21(25)29)23-19(26)14-9-7-6-8-10-14/h6-12,15,17-18H,13H2,1-5H3,(H,27,28)(H,23,24,26,29)/t15-,17+,18-/m0/s1. The van der Waals surface area contributed by atoms with E-state index in [-0.39, 0.29) is 23.2 Å². The molecule has 10 heteroatoms. The van der Waals surface area contributed by atoms with Gasteiger partial charge in [-0.1, -0.05) is 39.0 Å². The predicted molar refractivity (Wildman–Crippen MR) is 121 cm³/mol. The number of benzene rings is 1. The SMILES string of the molecule is CC(C)(C)[Si](C)(C)O[C@H]1C[C@H](n2ccc(NC(=O)c3ccccc3)nc2=O)O[C@@H]1C(=O)O. The Kier molecular flexibility index (Phi) is 6.68. The smallest absolute Gasteiger partial charge is 0.351 e. The van der Waals surface area contributed by atoms with E-state index in [2.05, 4.69) is 31.1 Å². The second kappa shape index (κ2) is 8.97. The van der Waals surface area contributed by atoms with Crippen LogP contribution in [0.3, 0.4) is 0 Å². The summed E-state index contributed by atoms with van der Waals surface area (Å²) in [6.07, 6.45) is -1.04. The molecule has 0 unspecified atom stereocenters. The number of nitrogens with zero attached hydrogens (tertiary/aromatic N) is 2. The van der Waals surface area contributed by atoms with Crippen LogP contribution in [0.5, 0.6) is 0 Å². The van der Waals surface area contributed by atoms with Crippen molar-refractivity contribution in [1.82, 2.24) is 9.55 Å². The minimum absolute atomic E-state index is 0.0990. The minimum atomic E-state index is -2.26. The molecular formula is C22H29N3O6Si. The fraction of sp³-hybridized carbons (Fsp3) is 0.455. The molecule has 32 heavy (non-hydrogen) atoms. The molecule has 0 saturated carbocycles. The normalized spacial score (nSPS) is 21.3. The Morgan fingerprint density at radius 2 is 1.88 bits per heavy atom. The molecule has 1 aliphatic heterocycles. The lowest BCUT2D eigenvalue weighted by atomic mass is 10.2. The number of amides is 1. The van der Waals surface area contributed by atoms with E-state index in [1.54, 1.807) is 30.3 Å². The van der Waals surface area contributed by atoms with Crippen LogP contribution >= 0.6 is 0 Å². The lowest BCUT2D eigenvalue weighted by Crippen LogP contribution is -2.47. The summed E-state index contributed by atoms with van der Waals surface area (Å²) in [7, 11) is -2.26. The molecule has 9 nitrogen and oxygen atoms in total. The number of rotatable bonds is 6. The zero-order valence-corrected chi connectivity index (χ0v) is 19.9. The van der Waals surface area contributed by atoms with E-state index in [1.807, 2.05) is 13.1 Å². The first-order valence-corrected chi connectivity index (χ1v) is 13.3. The highest BCUT2D eigenvalue weighted by Crippen LogP contribution is 2.41. The highest BCUT2D eigenvalue weighted by molar-refractivity contribution is 6.74. The molecular weight excluding hydrogens is 430 g/mol. The Labute approximate surface area is 187 Å². The quantitative estimate of drug-likeness (QED) is 0.636. The first-order valence-electron chi connectivity index (χ1n) is 10.4. The van der Waals surface area contributed by atoms with E-state index in [9.17, 15) is 19.5 Å². The number of ether oxygens (including phenoxy) is 1. The first kappa shape index (κ1) is 23.8. The number of hydrogen-bond acceptors (Lipinski definition) is 6. The van der Waals surface area contributed by atoms with Crippen LogP contribution in [0.25, 0.3) is 0 Å². The van der Waals surface area contributed by atoms with Crippen LogP contribution in [-0.2, 0) is 14.0 Å². The van der Waals surface area contributed by atoms with Gasteiger partial charge in [0, 0.05) is 18.2 Å². The molecule has 2 N–H and O–H groups in total. The molecule has 0 bridgehead atoms. The Morgan fingerprint density at radius 1 is 1.22 bits per heavy atom. The van der Waals surface area contributed by atoms with E-state index in [1.165, 1.54) is 16.8 Å². The minimum Gasteiger partial charge on any atom is -0.479 e. The van der Waals surface area contributed by atoms with Crippen molar-refractivity contribution in [2.45, 2.75) is 63.8 Å². The zero-order chi connectivity index (χ0) is 23.7. The maximum atomic E-state index is 12.6. The number of aromatic nitrogens is 2. The van der Waals surface area contributed by atoms with Crippen LogP contribution in [0, 0.1) is 0 Å². The Balaban J connectivity index is 1.77. The number of aliphatic carboxylic acids is 1. The third kappa shape index (κ3) is 5.14. The second-order valence-electron chi connectivity index (χ2n) is 9.32. The predicted octanol–water partition coefficient (Wildman–Crippen LogP) is 3.26. The molecule has 3 rings (SSSR count). The van der Waals surface area contributed by atoms with Gasteiger partial charge in [-0.05, 0) is 36.3 Å². The van der Waals surface area contributed by atoms with Gasteiger partial charge in [0.25, 0.3) is 5.91 Å². The summed E-state index contributed by atoms with van der Waals surface area (Å²) in [5.74, 6) is -1.42. The highest BCUT2D eigenvalue weighted by Gasteiger charge is 2.47. The highest BCUT2D eigenvalue weighted by atomic mass is 28.4. The van der Waals surface area contributed by atoms with Gasteiger partial charge in [0.05, 0.1) is 6.10 Å². The largest absolute Gasteiger partial charge is 0.479 e. The molecule has 1 aliphatic rings. The molecule has 1 aromatic heterocycles. The van der Waals surface area contributed by atoms with Crippen molar-refractivity contribution in [3.63, 3.8) is 0 Å². The van der Waals surface area contributed by atoms with Crippen LogP contribution in [0.1, 0.15) is 43.8 Å². The average molecular weight is 460 g/mol. The number of nitrogens with one attached hydrogen (secondary N) is 1. The van der Waals surface area contributed by atoms with Crippen molar-refractivity contribution in [3.8, 4) is 0 Å². The number of carbonyl (C=O) groups is 2. The molecule has 1 saturated heterocycles. The van der Waals surface area contributed by atoms with Crippen LogP contribution in [0.4, 0.5) is 5.82 Å². The van der Waals surface area contributed by atoms with Crippen molar-refractivity contribution in [2.75, 3.05) is 5.32 Å². The van der Waals surface area contributed by atoms with Crippen LogP contribution < -0.4 is 11.0 Å². The van der Waals surface area contributed by atoms with Crippen molar-refractivity contribution >= 4 is 26.0 Å². The van der Waals surface area contributed by atoms with Crippen molar-refractivity contribution < 1.29 is 23.9 Å². The van der Waals surface area contributed by atoms with E-state index in [0.717, 1.165) is 0 Å². The van der Waals surface area contributed by atoms with Gasteiger partial charge in [0.1, 0.15) is 12.0 Å². The number of carboxylic acids is 1. The number of carboxylic acid groups (broad SMARTS) is 1. The zero-order valence-electron chi connectivity index (χ0n) is 18.9. The van der Waals surface area contributed by atoms with Gasteiger partial charge >= 0.3 is 11.7 Å². The monoisotopic (exact) mass is 459 g/mol. The third-order valence-corrected chi connectivity index (χ3v) is 10.5. The molecule has 0 radical (unpaired) electrons. The molecule has 172 valence electrons. The summed E-state index contributed by atoms with van der Waals surface area (Å²) in [6.45, 7) is 10.3. The van der Waals surface area contributed by atoms with E-state index in [0.29, 0.717) is 5.56 Å². The molecule has 2 heterocycles. The molecule has 1 amide bonds. The van der Waals surface area contributed by atoms with Crippen molar-refractivity contribution in [2.24, 2.45) is 0 Å². The third-order valence-electron chi connectivity index (χ3n) is 5.99. The van der Waals surface area contributed by atoms with Crippen LogP contribution in [0.15, 0.2) is 47.4 Å². The fourth-order valence-corrected chi connectivity index (χ4v) is 4.51. The van der Waals surface area contributed by atoms with Crippen LogP contribution in [-0.4, -0.2) is 47.1 Å². The summed E-state index contributed by atoms with van der Waals surface area (Å²) in [5, 5.41) is 12.1. The lowest BCUT2D eigenvalue weighted by molar-refractivity contribution is -0.155. The maximum absolute atomic E-state index is 12.6. The van der Waals surface area contributed by atoms with E-state index >= 15 is 0 Å². The summed E-state index contributed by atoms with van der Waals surface area (Å²) in [4.78, 5) is 40.6. The Hall–Kier alpha value is -2.82. The van der Waals surface area contributed by atoms with Crippen molar-refractivity contribution in [1.29, 1.82) is 0 Å².